The van der Waals surface area contributed by atoms with Gasteiger partial charge < -0.3 is 16.2 Å². The van der Waals surface area contributed by atoms with Gasteiger partial charge in [0.15, 0.2) is 0 Å². The van der Waals surface area contributed by atoms with Crippen molar-refractivity contribution in [1.29, 1.82) is 0 Å². The fourth-order valence-corrected chi connectivity index (χ4v) is 3.54. The molecule has 2 aromatic rings. The lowest BCUT2D eigenvalue weighted by atomic mass is 10.2. The van der Waals surface area contributed by atoms with E-state index in [1.54, 1.807) is 42.9 Å². The molecule has 0 unspecified atom stereocenters. The monoisotopic (exact) mass is 479 g/mol. The summed E-state index contributed by atoms with van der Waals surface area (Å²) in [5, 5.41) is 13.9. The molecule has 178 valence electrons. The van der Waals surface area contributed by atoms with E-state index in [4.69, 9.17) is 15.6 Å². The Hall–Kier alpha value is -2.97. The van der Waals surface area contributed by atoms with E-state index in [9.17, 15) is 26.4 Å². The number of aromatic nitrogens is 2. The summed E-state index contributed by atoms with van der Waals surface area (Å²) in [5.41, 5.74) is 6.56. The number of carboxylic acid groups (broad SMARTS) is 1. The molecule has 0 spiro atoms. The second kappa shape index (κ2) is 11.6. The topological polar surface area (TPSA) is 156 Å². The Labute approximate surface area is 182 Å². The van der Waals surface area contributed by atoms with Gasteiger partial charge in [0, 0.05) is 25.3 Å². The maximum Gasteiger partial charge on any atom is 0.490 e. The number of benzene rings is 1. The molecule has 1 aromatic carbocycles. The minimum atomic E-state index is -5.08. The summed E-state index contributed by atoms with van der Waals surface area (Å²) in [6, 6.07) is 6.27. The van der Waals surface area contributed by atoms with Crippen LogP contribution < -0.4 is 15.8 Å². The van der Waals surface area contributed by atoms with Gasteiger partial charge >= 0.3 is 12.1 Å². The lowest BCUT2D eigenvalue weighted by molar-refractivity contribution is -0.192. The highest BCUT2D eigenvalue weighted by Gasteiger charge is 2.38. The molecule has 1 amide bonds. The van der Waals surface area contributed by atoms with Crippen LogP contribution in [0, 0.1) is 0 Å². The summed E-state index contributed by atoms with van der Waals surface area (Å²) in [6.45, 7) is 4.70. The predicted molar refractivity (Wildman–Crippen MR) is 108 cm³/mol. The number of carbonyl (C=O) groups excluding carboxylic acids is 1. The number of alkyl halides is 3. The fourth-order valence-electron chi connectivity index (χ4n) is 2.22. The van der Waals surface area contributed by atoms with E-state index in [0.29, 0.717) is 24.2 Å². The average molecular weight is 479 g/mol. The highest BCUT2D eigenvalue weighted by Crippen LogP contribution is 2.13. The summed E-state index contributed by atoms with van der Waals surface area (Å²) >= 11 is 0. The van der Waals surface area contributed by atoms with E-state index in [-0.39, 0.29) is 23.4 Å². The number of nitrogens with zero attached hydrogens (tertiary/aromatic N) is 2. The molecule has 14 heteroatoms. The number of aliphatic carboxylic acids is 1. The molecule has 0 aliphatic rings. The number of amides is 1. The molecular weight excluding hydrogens is 455 g/mol. The Balaban J connectivity index is 0.000000633. The first kappa shape index (κ1) is 27.1. The Morgan fingerprint density at radius 3 is 2.44 bits per heavy atom. The first-order chi connectivity index (χ1) is 14.8. The third-order valence-electron chi connectivity index (χ3n) is 3.55. The summed E-state index contributed by atoms with van der Waals surface area (Å²) < 4.78 is 60.3. The van der Waals surface area contributed by atoms with E-state index in [0.717, 1.165) is 0 Å². The molecule has 32 heavy (non-hydrogen) atoms. The Morgan fingerprint density at radius 1 is 1.28 bits per heavy atom. The highest BCUT2D eigenvalue weighted by molar-refractivity contribution is 7.89. The number of hydrogen-bond donors (Lipinski definition) is 4. The molecule has 0 aliphatic carbocycles. The number of rotatable bonds is 8. The minimum Gasteiger partial charge on any atom is -0.475 e. The van der Waals surface area contributed by atoms with Gasteiger partial charge in [-0.25, -0.2) is 17.9 Å². The molecule has 0 saturated carbocycles. The zero-order chi connectivity index (χ0) is 24.5. The molecule has 0 fully saturated rings. The number of halogens is 3. The smallest absolute Gasteiger partial charge is 0.475 e. The van der Waals surface area contributed by atoms with Gasteiger partial charge in [0.25, 0.3) is 5.91 Å². The molecule has 0 saturated heterocycles. The van der Waals surface area contributed by atoms with Crippen LogP contribution in [0.1, 0.15) is 29.8 Å². The van der Waals surface area contributed by atoms with Gasteiger partial charge in [0.1, 0.15) is 0 Å². The van der Waals surface area contributed by atoms with Crippen LogP contribution in [0.15, 0.2) is 41.6 Å². The molecule has 2 rings (SSSR count). The van der Waals surface area contributed by atoms with Crippen molar-refractivity contribution in [1.82, 2.24) is 19.8 Å². The Morgan fingerprint density at radius 2 is 1.91 bits per heavy atom. The van der Waals surface area contributed by atoms with Crippen molar-refractivity contribution in [2.45, 2.75) is 44.1 Å². The van der Waals surface area contributed by atoms with E-state index in [2.05, 4.69) is 15.1 Å². The summed E-state index contributed by atoms with van der Waals surface area (Å²) in [5.74, 6) is -3.04. The zero-order valence-corrected chi connectivity index (χ0v) is 18.1. The van der Waals surface area contributed by atoms with Crippen LogP contribution in [-0.2, 0) is 27.9 Å². The lowest BCUT2D eigenvalue weighted by Crippen LogP contribution is -2.30. The highest BCUT2D eigenvalue weighted by atomic mass is 32.2. The second-order valence-corrected chi connectivity index (χ2v) is 8.40. The molecule has 1 aromatic heterocycles. The average Bonchev–Trinajstić information content (AvgIpc) is 3.14. The minimum absolute atomic E-state index is 0.170. The maximum absolute atomic E-state index is 12.2. The molecule has 5 N–H and O–H groups in total. The van der Waals surface area contributed by atoms with Crippen LogP contribution in [-0.4, -0.2) is 53.9 Å². The normalized spacial score (nSPS) is 11.6. The van der Waals surface area contributed by atoms with Crippen molar-refractivity contribution in [3.8, 4) is 0 Å². The number of carbonyl (C=O) groups is 2. The van der Waals surface area contributed by atoms with E-state index >= 15 is 0 Å². The van der Waals surface area contributed by atoms with E-state index in [1.807, 2.05) is 0 Å². The molecule has 10 nitrogen and oxygen atoms in total. The van der Waals surface area contributed by atoms with Gasteiger partial charge in [-0.05, 0) is 31.5 Å². The van der Waals surface area contributed by atoms with Crippen LogP contribution in [0.4, 0.5) is 13.2 Å². The van der Waals surface area contributed by atoms with Crippen LogP contribution in [0.25, 0.3) is 0 Å². The van der Waals surface area contributed by atoms with Gasteiger partial charge in [0.05, 0.1) is 23.2 Å². The van der Waals surface area contributed by atoms with Gasteiger partial charge in [-0.1, -0.05) is 12.1 Å². The summed E-state index contributed by atoms with van der Waals surface area (Å²) in [4.78, 5) is 21.2. The largest absolute Gasteiger partial charge is 0.490 e. The molecule has 1 heterocycles. The van der Waals surface area contributed by atoms with Crippen LogP contribution in [0.5, 0.6) is 0 Å². The number of sulfonamides is 1. The zero-order valence-electron chi connectivity index (χ0n) is 17.3. The van der Waals surface area contributed by atoms with Crippen LogP contribution in [0.2, 0.25) is 0 Å². The van der Waals surface area contributed by atoms with Crippen molar-refractivity contribution < 1.29 is 36.3 Å². The first-order valence-electron chi connectivity index (χ1n) is 9.18. The predicted octanol–water partition coefficient (Wildman–Crippen LogP) is 1.09. The van der Waals surface area contributed by atoms with E-state index < -0.39 is 22.2 Å². The molecule has 0 aliphatic heterocycles. The second-order valence-electron chi connectivity index (χ2n) is 6.69. The Kier molecular flexibility index (Phi) is 9.80. The van der Waals surface area contributed by atoms with Crippen molar-refractivity contribution in [3.05, 3.63) is 47.8 Å². The molecular formula is C18H24F3N5O5S. The van der Waals surface area contributed by atoms with Crippen molar-refractivity contribution in [2.75, 3.05) is 6.54 Å². The maximum atomic E-state index is 12.2. The molecule has 0 atom stereocenters. The SMILES string of the molecule is CC(C)NS(=O)(=O)c1cccc(CNC(=O)c2cnn(CCN)c2)c1.O=C(O)C(F)(F)F. The lowest BCUT2D eigenvalue weighted by Gasteiger charge is -2.11. The fraction of sp³-hybridized carbons (Fsp3) is 0.389. The third kappa shape index (κ3) is 9.03. The van der Waals surface area contributed by atoms with Gasteiger partial charge in [-0.3, -0.25) is 9.48 Å². The van der Waals surface area contributed by atoms with Crippen LogP contribution in [0.3, 0.4) is 0 Å². The number of carboxylic acids is 1. The van der Waals surface area contributed by atoms with E-state index in [1.165, 1.54) is 12.3 Å². The van der Waals surface area contributed by atoms with Crippen molar-refractivity contribution in [3.63, 3.8) is 0 Å². The number of hydrogen-bond acceptors (Lipinski definition) is 6. The van der Waals surface area contributed by atoms with Crippen molar-refractivity contribution >= 4 is 21.9 Å². The number of nitrogens with one attached hydrogen (secondary N) is 2. The standard InChI is InChI=1S/C16H23N5O3S.C2HF3O2/c1-12(2)20-25(23,24)15-5-3-4-13(8-15)9-18-16(22)14-10-19-21(11-14)7-6-17;3-2(4,5)1(6)7/h3-5,8,10-12,20H,6-7,9,17H2,1-2H3,(H,18,22);(H,6,7). The van der Waals surface area contributed by atoms with Gasteiger partial charge in [-0.2, -0.15) is 18.3 Å². The molecule has 0 bridgehead atoms. The Bertz CT molecular complexity index is 1020. The van der Waals surface area contributed by atoms with Crippen molar-refractivity contribution in [2.24, 2.45) is 5.73 Å². The summed E-state index contributed by atoms with van der Waals surface area (Å²) in [7, 11) is -3.56. The first-order valence-corrected chi connectivity index (χ1v) is 10.7. The third-order valence-corrected chi connectivity index (χ3v) is 5.21. The van der Waals surface area contributed by atoms with Gasteiger partial charge in [0.2, 0.25) is 10.0 Å². The molecule has 0 radical (unpaired) electrons. The summed E-state index contributed by atoms with van der Waals surface area (Å²) in [6.07, 6.45) is -1.99. The van der Waals surface area contributed by atoms with Crippen LogP contribution >= 0.6 is 0 Å². The number of nitrogens with two attached hydrogens (primary N) is 1. The van der Waals surface area contributed by atoms with Gasteiger partial charge in [-0.15, -0.1) is 0 Å². The quantitative estimate of drug-likeness (QED) is 0.441.